The van der Waals surface area contributed by atoms with Crippen LogP contribution >= 0.6 is 11.3 Å². The maximum atomic E-state index is 13.0. The maximum absolute atomic E-state index is 13.0. The van der Waals surface area contributed by atoms with E-state index in [1.54, 1.807) is 29.5 Å². The topological polar surface area (TPSA) is 99.8 Å². The highest BCUT2D eigenvalue weighted by Gasteiger charge is 2.32. The molecule has 1 aliphatic heterocycles. The van der Waals surface area contributed by atoms with Crippen molar-refractivity contribution in [2.75, 3.05) is 18.5 Å². The minimum atomic E-state index is -0.380. The number of hydrogen-bond donors (Lipinski definition) is 1. The van der Waals surface area contributed by atoms with E-state index >= 15 is 0 Å². The molecule has 1 atom stereocenters. The Labute approximate surface area is 205 Å². The highest BCUT2D eigenvalue weighted by atomic mass is 32.1. The lowest BCUT2D eigenvalue weighted by atomic mass is 9.72. The zero-order valence-electron chi connectivity index (χ0n) is 20.0. The van der Waals surface area contributed by atoms with E-state index in [9.17, 15) is 9.59 Å². The van der Waals surface area contributed by atoms with Gasteiger partial charge in [0.25, 0.3) is 0 Å². The molecule has 0 radical (unpaired) electrons. The Morgan fingerprint density at radius 2 is 2.03 bits per heavy atom. The summed E-state index contributed by atoms with van der Waals surface area (Å²) in [5, 5.41) is 8.33. The quantitative estimate of drug-likeness (QED) is 0.468. The molecule has 3 aromatic heterocycles. The molecule has 1 N–H and O–H groups in total. The Morgan fingerprint density at radius 3 is 2.83 bits per heavy atom. The van der Waals surface area contributed by atoms with Crippen LogP contribution in [-0.4, -0.2) is 38.3 Å². The summed E-state index contributed by atoms with van der Waals surface area (Å²) in [6, 6.07) is 5.22. The Bertz CT molecular complexity index is 1530. The second kappa shape index (κ2) is 8.08. The first-order valence-electron chi connectivity index (χ1n) is 11.9. The number of nitrogens with zero attached hydrogens (tertiary/aromatic N) is 4. The standard InChI is InChI=1S/C25H27N5O4S/c1-25(2,3)14-4-6-16-19(10-14)35-23-21(16)22-28-30(24(32)29(22)13-26-23)12-20(31)27-15-5-7-17-18(11-15)34-9-8-33-17/h5,7,11,13-14H,4,6,8-10,12H2,1-3H3,(H,27,31)/t14-/m0/s1. The average Bonchev–Trinajstić information content (AvgIpc) is 3.35. The minimum absolute atomic E-state index is 0.200. The van der Waals surface area contributed by atoms with E-state index in [4.69, 9.17) is 9.47 Å². The fourth-order valence-electron chi connectivity index (χ4n) is 5.00. The molecule has 0 saturated heterocycles. The molecule has 1 aromatic carbocycles. The molecular formula is C25H27N5O4S. The fourth-order valence-corrected chi connectivity index (χ4v) is 6.26. The van der Waals surface area contributed by atoms with Gasteiger partial charge in [0.05, 0.1) is 5.39 Å². The number of ether oxygens (including phenoxy) is 2. The molecule has 0 fully saturated rings. The maximum Gasteiger partial charge on any atom is 0.352 e. The molecule has 0 unspecified atom stereocenters. The fraction of sp³-hybridized carbons (Fsp3) is 0.440. The van der Waals surface area contributed by atoms with E-state index < -0.39 is 0 Å². The Hall–Kier alpha value is -3.40. The lowest BCUT2D eigenvalue weighted by molar-refractivity contribution is -0.117. The summed E-state index contributed by atoms with van der Waals surface area (Å²) < 4.78 is 13.7. The van der Waals surface area contributed by atoms with Crippen molar-refractivity contribution in [2.24, 2.45) is 11.3 Å². The first kappa shape index (κ1) is 22.1. The molecule has 0 saturated carbocycles. The second-order valence-electron chi connectivity index (χ2n) is 10.3. The molecule has 35 heavy (non-hydrogen) atoms. The lowest BCUT2D eigenvalue weighted by Crippen LogP contribution is -2.28. The molecular weight excluding hydrogens is 466 g/mol. The van der Waals surface area contributed by atoms with Crippen LogP contribution in [0.25, 0.3) is 15.9 Å². The lowest BCUT2D eigenvalue weighted by Gasteiger charge is -2.33. The number of benzene rings is 1. The minimum Gasteiger partial charge on any atom is -0.486 e. The van der Waals surface area contributed by atoms with Crippen LogP contribution in [0, 0.1) is 11.3 Å². The third-order valence-corrected chi connectivity index (χ3v) is 8.14. The Kier molecular flexibility index (Phi) is 5.10. The summed E-state index contributed by atoms with van der Waals surface area (Å²) in [4.78, 5) is 32.6. The van der Waals surface area contributed by atoms with Crippen molar-refractivity contribution < 1.29 is 14.3 Å². The van der Waals surface area contributed by atoms with Gasteiger partial charge in [0.1, 0.15) is 30.9 Å². The van der Waals surface area contributed by atoms with Crippen molar-refractivity contribution in [1.29, 1.82) is 0 Å². The summed E-state index contributed by atoms with van der Waals surface area (Å²) >= 11 is 1.70. The van der Waals surface area contributed by atoms with Gasteiger partial charge in [0, 0.05) is 16.6 Å². The second-order valence-corrected chi connectivity index (χ2v) is 11.4. The predicted molar refractivity (Wildman–Crippen MR) is 134 cm³/mol. The summed E-state index contributed by atoms with van der Waals surface area (Å²) in [5.41, 5.74) is 2.26. The monoisotopic (exact) mass is 493 g/mol. The van der Waals surface area contributed by atoms with Gasteiger partial charge in [-0.2, -0.15) is 0 Å². The molecule has 6 rings (SSSR count). The number of amides is 1. The number of carbonyl (C=O) groups excluding carboxylic acids is 1. The van der Waals surface area contributed by atoms with Crippen molar-refractivity contribution in [3.63, 3.8) is 0 Å². The van der Waals surface area contributed by atoms with Crippen molar-refractivity contribution >= 4 is 38.8 Å². The molecule has 1 amide bonds. The molecule has 4 heterocycles. The number of fused-ring (bicyclic) bond motifs is 6. The van der Waals surface area contributed by atoms with Gasteiger partial charge in [0.2, 0.25) is 5.91 Å². The number of carbonyl (C=O) groups is 1. The SMILES string of the molecule is CC(C)(C)[C@H]1CCc2c(sc3ncn4c(=O)n(CC(=O)Nc5ccc6c(c5)OCCO6)nc4c23)C1. The van der Waals surface area contributed by atoms with E-state index in [1.165, 1.54) is 25.9 Å². The van der Waals surface area contributed by atoms with Crippen LogP contribution in [-0.2, 0) is 24.2 Å². The van der Waals surface area contributed by atoms with E-state index in [2.05, 4.69) is 36.2 Å². The van der Waals surface area contributed by atoms with E-state index in [0.717, 1.165) is 29.5 Å². The zero-order valence-corrected chi connectivity index (χ0v) is 20.8. The number of hydrogen-bond acceptors (Lipinski definition) is 7. The van der Waals surface area contributed by atoms with Crippen molar-refractivity contribution in [2.45, 2.75) is 46.6 Å². The highest BCUT2D eigenvalue weighted by Crippen LogP contribution is 2.43. The molecule has 182 valence electrons. The summed E-state index contributed by atoms with van der Waals surface area (Å²) in [6.45, 7) is 7.65. The van der Waals surface area contributed by atoms with Gasteiger partial charge in [-0.3, -0.25) is 4.79 Å². The van der Waals surface area contributed by atoms with Gasteiger partial charge in [0.15, 0.2) is 17.1 Å². The van der Waals surface area contributed by atoms with E-state index in [1.807, 2.05) is 0 Å². The number of anilines is 1. The molecule has 9 nitrogen and oxygen atoms in total. The first-order valence-corrected chi connectivity index (χ1v) is 12.7. The summed E-state index contributed by atoms with van der Waals surface area (Å²) in [7, 11) is 0. The third kappa shape index (κ3) is 3.85. The van der Waals surface area contributed by atoms with E-state index in [0.29, 0.717) is 42.0 Å². The number of rotatable bonds is 3. The van der Waals surface area contributed by atoms with Gasteiger partial charge in [-0.1, -0.05) is 20.8 Å². The van der Waals surface area contributed by atoms with Crippen LogP contribution in [0.5, 0.6) is 11.5 Å². The van der Waals surface area contributed by atoms with Gasteiger partial charge in [-0.25, -0.2) is 18.9 Å². The first-order chi connectivity index (χ1) is 16.8. The van der Waals surface area contributed by atoms with Gasteiger partial charge in [-0.05, 0) is 48.3 Å². The number of aromatic nitrogens is 4. The van der Waals surface area contributed by atoms with Crippen LogP contribution in [0.3, 0.4) is 0 Å². The molecule has 2 aliphatic rings. The average molecular weight is 494 g/mol. The van der Waals surface area contributed by atoms with Crippen LogP contribution in [0.4, 0.5) is 5.69 Å². The number of thiophene rings is 1. The van der Waals surface area contributed by atoms with E-state index in [-0.39, 0.29) is 23.6 Å². The Morgan fingerprint density at radius 1 is 1.23 bits per heavy atom. The van der Waals surface area contributed by atoms with Crippen LogP contribution in [0.1, 0.15) is 37.6 Å². The molecule has 10 heteroatoms. The molecule has 1 aliphatic carbocycles. The largest absolute Gasteiger partial charge is 0.486 e. The summed E-state index contributed by atoms with van der Waals surface area (Å²) in [6.07, 6.45) is 4.59. The molecule has 4 aromatic rings. The Balaban J connectivity index is 1.29. The van der Waals surface area contributed by atoms with Crippen LogP contribution in [0.15, 0.2) is 29.3 Å². The van der Waals surface area contributed by atoms with Crippen molar-refractivity contribution in [3.8, 4) is 11.5 Å². The van der Waals surface area contributed by atoms with Gasteiger partial charge < -0.3 is 14.8 Å². The number of nitrogens with one attached hydrogen (secondary N) is 1. The van der Waals surface area contributed by atoms with Gasteiger partial charge >= 0.3 is 5.69 Å². The number of aryl methyl sites for hydroxylation is 1. The predicted octanol–water partition coefficient (Wildman–Crippen LogP) is 3.67. The molecule has 0 bridgehead atoms. The zero-order chi connectivity index (χ0) is 24.3. The normalized spacial score (nSPS) is 17.5. The smallest absolute Gasteiger partial charge is 0.352 e. The third-order valence-electron chi connectivity index (χ3n) is 6.98. The van der Waals surface area contributed by atoms with Gasteiger partial charge in [-0.15, -0.1) is 16.4 Å². The highest BCUT2D eigenvalue weighted by molar-refractivity contribution is 7.19. The van der Waals surface area contributed by atoms with Crippen LogP contribution < -0.4 is 20.5 Å². The molecule has 0 spiro atoms. The van der Waals surface area contributed by atoms with Crippen LogP contribution in [0.2, 0.25) is 0 Å². The van der Waals surface area contributed by atoms with Crippen molar-refractivity contribution in [3.05, 3.63) is 45.5 Å². The van der Waals surface area contributed by atoms with Crippen molar-refractivity contribution in [1.82, 2.24) is 19.2 Å². The summed E-state index contributed by atoms with van der Waals surface area (Å²) in [5.74, 6) is 1.50.